The fourth-order valence-electron chi connectivity index (χ4n) is 0.238. The topological polar surface area (TPSA) is 40.5 Å². The van der Waals surface area contributed by atoms with Gasteiger partial charge in [0.25, 0.3) is 0 Å². The van der Waals surface area contributed by atoms with Gasteiger partial charge in [-0.2, -0.15) is 0 Å². The summed E-state index contributed by atoms with van der Waals surface area (Å²) in [6.07, 6.45) is 0.549. The Hall–Kier alpha value is 0.850. The summed E-state index contributed by atoms with van der Waals surface area (Å²) in [6.45, 7) is 0. The Kier molecular flexibility index (Phi) is 4.20. The third kappa shape index (κ3) is 6.85. The minimum Gasteiger partial charge on any atom is -0.285 e. The van der Waals surface area contributed by atoms with E-state index in [2.05, 4.69) is 0 Å². The number of hydrogen-bond donors (Lipinski definition) is 2. The summed E-state index contributed by atoms with van der Waals surface area (Å²) in [6, 6.07) is 0. The Morgan fingerprint density at radius 2 is 1.88 bits per heavy atom. The maximum Gasteiger partial charge on any atom is 0.0547 e. The van der Waals surface area contributed by atoms with Crippen LogP contribution < -0.4 is 0 Å². The van der Waals surface area contributed by atoms with Crippen molar-refractivity contribution < 1.29 is 9.11 Å². The predicted octanol–water partition coefficient (Wildman–Crippen LogP) is 2.52. The zero-order chi connectivity index (χ0) is 6.62. The van der Waals surface area contributed by atoms with Crippen LogP contribution in [0.2, 0.25) is 0 Å². The second-order valence-corrected chi connectivity index (χ2v) is 4.78. The van der Waals surface area contributed by atoms with Crippen molar-refractivity contribution in [1.29, 1.82) is 0 Å². The zero-order valence-electron chi connectivity index (χ0n) is 4.18. The molecular formula is C3H8Cl2O2S. The molecule has 2 nitrogen and oxygen atoms in total. The Balaban J connectivity index is 3.11. The quantitative estimate of drug-likeness (QED) is 0.653. The molecule has 52 valence electrons. The van der Waals surface area contributed by atoms with Crippen molar-refractivity contribution in [2.45, 2.75) is 6.42 Å². The lowest BCUT2D eigenvalue weighted by Crippen LogP contribution is -1.94. The third-order valence-electron chi connectivity index (χ3n) is 0.538. The van der Waals surface area contributed by atoms with Crippen molar-refractivity contribution in [2.75, 3.05) is 11.6 Å². The molecule has 0 aromatic carbocycles. The van der Waals surface area contributed by atoms with Crippen molar-refractivity contribution in [3.05, 3.63) is 0 Å². The summed E-state index contributed by atoms with van der Waals surface area (Å²) in [7, 11) is 2.25. The first-order valence-electron chi connectivity index (χ1n) is 2.08. The van der Waals surface area contributed by atoms with Gasteiger partial charge in [0, 0.05) is 16.6 Å². The van der Waals surface area contributed by atoms with E-state index >= 15 is 0 Å². The Morgan fingerprint density at radius 3 is 2.00 bits per heavy atom. The van der Waals surface area contributed by atoms with E-state index in [-0.39, 0.29) is 5.75 Å². The molecule has 0 saturated heterocycles. The highest BCUT2D eigenvalue weighted by Crippen LogP contribution is 2.44. The van der Waals surface area contributed by atoms with E-state index in [1.54, 1.807) is 0 Å². The summed E-state index contributed by atoms with van der Waals surface area (Å²) >= 11 is 5.24. The minimum atomic E-state index is -2.80. The van der Waals surface area contributed by atoms with Crippen molar-refractivity contribution >= 4 is 32.1 Å². The molecule has 0 aliphatic heterocycles. The molecule has 0 rings (SSSR count). The summed E-state index contributed by atoms with van der Waals surface area (Å²) in [5.74, 6) is 0.612. The summed E-state index contributed by atoms with van der Waals surface area (Å²) in [5, 5.41) is 0. The minimum absolute atomic E-state index is 0.193. The zero-order valence-corrected chi connectivity index (χ0v) is 6.51. The molecule has 0 aromatic rings. The lowest BCUT2D eigenvalue weighted by molar-refractivity contribution is 0.506. The molecule has 0 radical (unpaired) electrons. The maximum absolute atomic E-state index is 8.49. The van der Waals surface area contributed by atoms with Crippen LogP contribution in [0.25, 0.3) is 0 Å². The van der Waals surface area contributed by atoms with Crippen molar-refractivity contribution in [2.24, 2.45) is 0 Å². The van der Waals surface area contributed by atoms with E-state index in [4.69, 9.17) is 31.4 Å². The van der Waals surface area contributed by atoms with E-state index in [1.807, 2.05) is 0 Å². The summed E-state index contributed by atoms with van der Waals surface area (Å²) in [4.78, 5) is 0. The number of rotatable bonds is 3. The van der Waals surface area contributed by atoms with Gasteiger partial charge in [0.2, 0.25) is 0 Å². The van der Waals surface area contributed by atoms with Gasteiger partial charge in [-0.25, -0.2) is 0 Å². The predicted molar refractivity (Wildman–Crippen MR) is 38.9 cm³/mol. The molecule has 0 aliphatic carbocycles. The molecule has 0 saturated carbocycles. The molecular weight excluding hydrogens is 171 g/mol. The normalized spacial score (nSPS) is 14.0. The Bertz CT molecular complexity index is 62.8. The number of hydrogen-bond acceptors (Lipinski definition) is 2. The lowest BCUT2D eigenvalue weighted by atomic mass is 10.6. The Labute approximate surface area is 59.6 Å². The van der Waals surface area contributed by atoms with Crippen LogP contribution in [-0.4, -0.2) is 20.7 Å². The molecule has 0 fully saturated rings. The molecule has 0 spiro atoms. The van der Waals surface area contributed by atoms with Gasteiger partial charge in [0.05, 0.1) is 5.75 Å². The van der Waals surface area contributed by atoms with Crippen LogP contribution in [0.15, 0.2) is 0 Å². The molecule has 0 atom stereocenters. The molecule has 0 unspecified atom stereocenters. The van der Waals surface area contributed by atoms with Crippen LogP contribution in [0.3, 0.4) is 0 Å². The number of halogens is 2. The van der Waals surface area contributed by atoms with Gasteiger partial charge < -0.3 is 0 Å². The van der Waals surface area contributed by atoms with Gasteiger partial charge in [-0.3, -0.25) is 9.11 Å². The maximum atomic E-state index is 8.49. The molecule has 0 amide bonds. The monoisotopic (exact) mass is 178 g/mol. The Morgan fingerprint density at radius 1 is 1.38 bits per heavy atom. The first kappa shape index (κ1) is 8.85. The van der Waals surface area contributed by atoms with Crippen molar-refractivity contribution in [1.82, 2.24) is 0 Å². The average molecular weight is 179 g/mol. The van der Waals surface area contributed by atoms with Gasteiger partial charge in [-0.15, -0.1) is 21.4 Å². The van der Waals surface area contributed by atoms with E-state index in [9.17, 15) is 0 Å². The van der Waals surface area contributed by atoms with Crippen molar-refractivity contribution in [3.8, 4) is 0 Å². The highest BCUT2D eigenvalue weighted by Gasteiger charge is 2.04. The van der Waals surface area contributed by atoms with Gasteiger partial charge in [-0.05, 0) is 6.42 Å². The summed E-state index contributed by atoms with van der Waals surface area (Å²) < 4.78 is 17.0. The van der Waals surface area contributed by atoms with Crippen LogP contribution in [0.4, 0.5) is 0 Å². The van der Waals surface area contributed by atoms with Crippen molar-refractivity contribution in [3.63, 3.8) is 0 Å². The molecule has 5 heteroatoms. The fourth-order valence-corrected chi connectivity index (χ4v) is 1.37. The standard InChI is InChI=1S/C3H8Cl2O2S/c4-2-1-3-8(5,6)7/h6-7H,1-3H2. The highest BCUT2D eigenvalue weighted by molar-refractivity contribution is 8.43. The molecule has 8 heavy (non-hydrogen) atoms. The number of alkyl halides is 1. The smallest absolute Gasteiger partial charge is 0.0547 e. The molecule has 0 aromatic heterocycles. The first-order chi connectivity index (χ1) is 3.56. The van der Waals surface area contributed by atoms with Crippen LogP contribution >= 0.6 is 32.1 Å². The van der Waals surface area contributed by atoms with Crippen LogP contribution in [0.1, 0.15) is 6.42 Å². The highest BCUT2D eigenvalue weighted by atomic mass is 35.7. The molecule has 2 N–H and O–H groups in total. The van der Waals surface area contributed by atoms with Crippen LogP contribution in [0.5, 0.6) is 0 Å². The molecule has 0 heterocycles. The molecule has 0 bridgehead atoms. The van der Waals surface area contributed by atoms with E-state index < -0.39 is 9.80 Å². The third-order valence-corrected chi connectivity index (χ3v) is 2.08. The van der Waals surface area contributed by atoms with E-state index in [0.717, 1.165) is 0 Å². The van der Waals surface area contributed by atoms with Gasteiger partial charge in [0.15, 0.2) is 0 Å². The van der Waals surface area contributed by atoms with E-state index in [1.165, 1.54) is 0 Å². The molecule has 0 aliphatic rings. The van der Waals surface area contributed by atoms with Crippen LogP contribution in [0, 0.1) is 0 Å². The second kappa shape index (κ2) is 3.80. The summed E-state index contributed by atoms with van der Waals surface area (Å²) in [5.41, 5.74) is 0. The first-order valence-corrected chi connectivity index (χ1v) is 5.15. The van der Waals surface area contributed by atoms with Crippen LogP contribution in [-0.2, 0) is 0 Å². The second-order valence-electron chi connectivity index (χ2n) is 1.33. The largest absolute Gasteiger partial charge is 0.285 e. The van der Waals surface area contributed by atoms with Gasteiger partial charge in [0.1, 0.15) is 0 Å². The van der Waals surface area contributed by atoms with Gasteiger partial charge in [-0.1, -0.05) is 0 Å². The van der Waals surface area contributed by atoms with E-state index in [0.29, 0.717) is 12.3 Å². The SMILES string of the molecule is OS(O)(Cl)CCCCl. The lowest BCUT2D eigenvalue weighted by Gasteiger charge is -2.21. The fraction of sp³-hybridized carbons (Fsp3) is 1.00. The average Bonchev–Trinajstić information content (AvgIpc) is 1.59. The van der Waals surface area contributed by atoms with Gasteiger partial charge >= 0.3 is 0 Å².